The fourth-order valence-corrected chi connectivity index (χ4v) is 4.83. The summed E-state index contributed by atoms with van der Waals surface area (Å²) >= 11 is 6.30. The number of fused-ring (bicyclic) bond motifs is 2. The Kier molecular flexibility index (Phi) is 6.30. The van der Waals surface area contributed by atoms with Crippen molar-refractivity contribution >= 4 is 44.0 Å². The Labute approximate surface area is 204 Å². The zero-order valence-electron chi connectivity index (χ0n) is 18.6. The van der Waals surface area contributed by atoms with Crippen LogP contribution in [0.1, 0.15) is 5.56 Å². The average molecular weight is 530 g/mol. The fourth-order valence-electron chi connectivity index (χ4n) is 4.00. The number of aliphatic hydroxyl groups excluding tert-OH is 1. The van der Waals surface area contributed by atoms with Crippen LogP contribution < -0.4 is 10.1 Å². The highest BCUT2D eigenvalue weighted by Gasteiger charge is 2.48. The Hall–Kier alpha value is -2.58. The van der Waals surface area contributed by atoms with Gasteiger partial charge in [-0.2, -0.15) is 9.35 Å². The van der Waals surface area contributed by atoms with E-state index in [4.69, 9.17) is 25.8 Å². The largest absolute Gasteiger partial charge is 0.456 e. The second-order valence-corrected chi connectivity index (χ2v) is 11.5. The van der Waals surface area contributed by atoms with Gasteiger partial charge in [0.2, 0.25) is 0 Å². The van der Waals surface area contributed by atoms with Crippen LogP contribution in [0.25, 0.3) is 11.2 Å². The molecule has 2 fully saturated rings. The van der Waals surface area contributed by atoms with Gasteiger partial charge in [0.25, 0.3) is 6.01 Å². The first-order valence-corrected chi connectivity index (χ1v) is 13.3. The minimum Gasteiger partial charge on any atom is -0.456 e. The molecule has 1 aromatic carbocycles. The van der Waals surface area contributed by atoms with Gasteiger partial charge in [-0.15, -0.1) is 0 Å². The number of anilines is 1. The molecule has 0 spiro atoms. The summed E-state index contributed by atoms with van der Waals surface area (Å²) in [7, 11) is -2.56. The van der Waals surface area contributed by atoms with Crippen LogP contribution in [0.2, 0.25) is 5.02 Å². The number of aromatic amines is 1. The van der Waals surface area contributed by atoms with E-state index in [9.17, 15) is 18.1 Å². The number of pyridine rings is 1. The lowest BCUT2D eigenvalue weighted by atomic mass is 10.1. The smallest absolute Gasteiger partial charge is 0.296 e. The number of aliphatic hydroxyl groups is 1. The first-order valence-electron chi connectivity index (χ1n) is 10.6. The van der Waals surface area contributed by atoms with Crippen LogP contribution in [-0.2, 0) is 25.7 Å². The van der Waals surface area contributed by atoms with Crippen molar-refractivity contribution in [1.82, 2.24) is 15.0 Å². The van der Waals surface area contributed by atoms with Gasteiger partial charge < -0.3 is 29.6 Å². The van der Waals surface area contributed by atoms with Crippen molar-refractivity contribution in [2.24, 2.45) is 4.36 Å². The highest BCUT2D eigenvalue weighted by atomic mass is 35.5. The van der Waals surface area contributed by atoms with Gasteiger partial charge in [0, 0.05) is 46.5 Å². The summed E-state index contributed by atoms with van der Waals surface area (Å²) in [6, 6.07) is 3.77. The Balaban J connectivity index is 1.32. The number of nitrogens with zero attached hydrogens (tertiary/aromatic N) is 3. The molecular weight excluding hydrogens is 508 g/mol. The number of H-pyrrole nitrogens is 1. The Morgan fingerprint density at radius 2 is 1.94 bits per heavy atom. The van der Waals surface area contributed by atoms with Gasteiger partial charge in [0.05, 0.1) is 29.4 Å². The lowest BCUT2D eigenvalue weighted by molar-refractivity contribution is 0.00706. The van der Waals surface area contributed by atoms with Gasteiger partial charge in [-0.1, -0.05) is 11.6 Å². The van der Waals surface area contributed by atoms with E-state index in [1.54, 1.807) is 6.07 Å². The van der Waals surface area contributed by atoms with Crippen molar-refractivity contribution in [2.45, 2.75) is 31.0 Å². The SMILES string of the molecule is CS(C)(=O)=Nc1cc(F)c(CNc2nc3nc(O[C@@H]4CO[C@H]5[C@@H]4OC[C@H]5O)[nH]c3cc2Cl)c(F)c1. The summed E-state index contributed by atoms with van der Waals surface area (Å²) in [6.07, 6.45) is 0.747. The van der Waals surface area contributed by atoms with Gasteiger partial charge in [-0.25, -0.2) is 18.0 Å². The molecule has 0 bridgehead atoms. The van der Waals surface area contributed by atoms with Crippen LogP contribution in [-0.4, -0.2) is 74.4 Å². The molecule has 0 amide bonds. The number of ether oxygens (including phenoxy) is 3. The van der Waals surface area contributed by atoms with Gasteiger partial charge in [0.15, 0.2) is 11.8 Å². The molecule has 10 nitrogen and oxygen atoms in total. The molecule has 14 heteroatoms. The number of rotatable bonds is 6. The van der Waals surface area contributed by atoms with E-state index in [1.165, 1.54) is 12.5 Å². The van der Waals surface area contributed by atoms with E-state index in [0.29, 0.717) is 5.52 Å². The van der Waals surface area contributed by atoms with E-state index in [-0.39, 0.29) is 53.5 Å². The molecule has 0 aliphatic carbocycles. The van der Waals surface area contributed by atoms with Gasteiger partial charge in [0.1, 0.15) is 35.8 Å². The predicted molar refractivity (Wildman–Crippen MR) is 125 cm³/mol. The number of aromatic nitrogens is 3. The molecule has 4 heterocycles. The standard InChI is InChI=1S/C21H22ClF2N5O5S/c1-35(2,31)29-9-3-12(23)10(13(24)4-9)6-25-19-11(22)5-14-20(27-19)28-21(26-14)34-16-8-33-17-15(30)7-32-18(16)17/h3-5,15-18,30H,6-8H2,1-2H3,(H2,25,26,27,28)/t15-,16-,17-,18-/m1/s1. The van der Waals surface area contributed by atoms with E-state index in [0.717, 1.165) is 12.1 Å². The van der Waals surface area contributed by atoms with E-state index >= 15 is 0 Å². The lowest BCUT2D eigenvalue weighted by Crippen LogP contribution is -2.34. The minimum atomic E-state index is -2.56. The van der Waals surface area contributed by atoms with Crippen LogP contribution in [0.5, 0.6) is 6.01 Å². The van der Waals surface area contributed by atoms with E-state index in [2.05, 4.69) is 24.6 Å². The van der Waals surface area contributed by atoms with Crippen molar-refractivity contribution in [3.05, 3.63) is 40.4 Å². The monoisotopic (exact) mass is 529 g/mol. The Morgan fingerprint density at radius 3 is 2.66 bits per heavy atom. The van der Waals surface area contributed by atoms with Crippen molar-refractivity contribution in [1.29, 1.82) is 0 Å². The summed E-state index contributed by atoms with van der Waals surface area (Å²) in [5.74, 6) is -1.52. The van der Waals surface area contributed by atoms with E-state index in [1.807, 2.05) is 0 Å². The highest BCUT2D eigenvalue weighted by molar-refractivity contribution is 7.92. The second kappa shape index (κ2) is 9.13. The number of hydrogen-bond acceptors (Lipinski definition) is 9. The predicted octanol–water partition coefficient (Wildman–Crippen LogP) is 2.77. The van der Waals surface area contributed by atoms with Gasteiger partial charge in [-0.05, 0) is 6.07 Å². The number of halogens is 3. The zero-order chi connectivity index (χ0) is 24.9. The van der Waals surface area contributed by atoms with Gasteiger partial charge in [-0.3, -0.25) is 0 Å². The van der Waals surface area contributed by atoms with Crippen LogP contribution >= 0.6 is 11.6 Å². The van der Waals surface area contributed by atoms with E-state index < -0.39 is 45.8 Å². The Bertz CT molecular complexity index is 1380. The normalized spacial score (nSPS) is 24.1. The van der Waals surface area contributed by atoms with Crippen molar-refractivity contribution < 1.29 is 32.3 Å². The molecule has 0 unspecified atom stereocenters. The molecule has 2 aromatic heterocycles. The average Bonchev–Trinajstić information content (AvgIpc) is 3.43. The summed E-state index contributed by atoms with van der Waals surface area (Å²) in [6.45, 7) is 0.166. The quantitative estimate of drug-likeness (QED) is 0.444. The highest BCUT2D eigenvalue weighted by Crippen LogP contribution is 2.31. The molecular formula is C21H22ClF2N5O5S. The third kappa shape index (κ3) is 5.05. The molecule has 4 atom stereocenters. The first-order chi connectivity index (χ1) is 16.6. The molecule has 3 aromatic rings. The maximum absolute atomic E-state index is 14.5. The number of nitrogens with one attached hydrogen (secondary N) is 2. The number of hydrogen-bond donors (Lipinski definition) is 3. The Morgan fingerprint density at radius 1 is 1.23 bits per heavy atom. The maximum Gasteiger partial charge on any atom is 0.296 e. The molecule has 188 valence electrons. The van der Waals surface area contributed by atoms with Crippen molar-refractivity contribution in [3.8, 4) is 6.01 Å². The number of imidazole rings is 1. The van der Waals surface area contributed by atoms with Crippen molar-refractivity contribution in [2.75, 3.05) is 31.0 Å². The molecule has 0 radical (unpaired) electrons. The lowest BCUT2D eigenvalue weighted by Gasteiger charge is -2.15. The van der Waals surface area contributed by atoms with Crippen LogP contribution in [0.15, 0.2) is 22.6 Å². The summed E-state index contributed by atoms with van der Waals surface area (Å²) in [5.41, 5.74) is 0.466. The molecule has 5 rings (SSSR count). The topological polar surface area (TPSA) is 131 Å². The molecule has 2 aliphatic heterocycles. The van der Waals surface area contributed by atoms with Crippen LogP contribution in [0.4, 0.5) is 20.3 Å². The summed E-state index contributed by atoms with van der Waals surface area (Å²) in [4.78, 5) is 11.6. The van der Waals surface area contributed by atoms with Crippen LogP contribution in [0.3, 0.4) is 0 Å². The third-order valence-corrected chi connectivity index (χ3v) is 6.47. The minimum absolute atomic E-state index is 0.0446. The molecule has 35 heavy (non-hydrogen) atoms. The molecule has 3 N–H and O–H groups in total. The van der Waals surface area contributed by atoms with Gasteiger partial charge >= 0.3 is 0 Å². The summed E-state index contributed by atoms with van der Waals surface area (Å²) < 4.78 is 61.5. The fraction of sp³-hybridized carbons (Fsp3) is 0.429. The van der Waals surface area contributed by atoms with Crippen LogP contribution in [0, 0.1) is 11.6 Å². The zero-order valence-corrected chi connectivity index (χ0v) is 20.2. The third-order valence-electron chi connectivity index (χ3n) is 5.53. The molecule has 2 saturated heterocycles. The number of benzene rings is 1. The summed E-state index contributed by atoms with van der Waals surface area (Å²) in [5, 5.41) is 12.9. The first kappa shape index (κ1) is 24.1. The second-order valence-electron chi connectivity index (χ2n) is 8.57. The molecule has 0 saturated carbocycles. The molecule has 2 aliphatic rings. The maximum atomic E-state index is 14.5. The van der Waals surface area contributed by atoms with Crippen molar-refractivity contribution in [3.63, 3.8) is 0 Å².